The topological polar surface area (TPSA) is 38.7 Å². The molecule has 49 heavy (non-hydrogen) atoms. The molecule has 4 heteroatoms. The first-order valence-corrected chi connectivity index (χ1v) is 17.2. The molecule has 0 saturated heterocycles. The van der Waals surface area contributed by atoms with Crippen molar-refractivity contribution in [2.24, 2.45) is 0 Å². The molecule has 2 heterocycles. The van der Waals surface area contributed by atoms with Gasteiger partial charge in [0.15, 0.2) is 17.5 Å². The molecule has 0 saturated carbocycles. The van der Waals surface area contributed by atoms with E-state index in [4.69, 9.17) is 15.0 Å². The molecule has 0 unspecified atom stereocenters. The van der Waals surface area contributed by atoms with Gasteiger partial charge in [-0.1, -0.05) is 158 Å². The molecule has 0 amide bonds. The Balaban J connectivity index is 1.17. The molecular weight excluding hydrogens is 615 g/mol. The van der Waals surface area contributed by atoms with Crippen LogP contribution in [0.5, 0.6) is 0 Å². The van der Waals surface area contributed by atoms with Crippen molar-refractivity contribution in [3.05, 3.63) is 176 Å². The predicted molar refractivity (Wildman–Crippen MR) is 205 cm³/mol. The molecule has 2 aromatic heterocycles. The van der Waals surface area contributed by atoms with E-state index >= 15 is 0 Å². The number of hydrogen-bond donors (Lipinski definition) is 0. The second-order valence-electron chi connectivity index (χ2n) is 12.0. The third-order valence-electron chi connectivity index (χ3n) is 8.98. The number of thiophene rings is 1. The molecule has 0 radical (unpaired) electrons. The highest BCUT2D eigenvalue weighted by Crippen LogP contribution is 2.40. The van der Waals surface area contributed by atoms with Crippen LogP contribution in [0.4, 0.5) is 0 Å². The normalized spacial score (nSPS) is 11.3. The van der Waals surface area contributed by atoms with Crippen LogP contribution in [-0.4, -0.2) is 15.0 Å². The monoisotopic (exact) mass is 643 g/mol. The van der Waals surface area contributed by atoms with Crippen LogP contribution >= 0.6 is 11.3 Å². The van der Waals surface area contributed by atoms with E-state index in [-0.39, 0.29) is 0 Å². The Morgan fingerprint density at radius 2 is 0.796 bits per heavy atom. The van der Waals surface area contributed by atoms with Gasteiger partial charge in [0.05, 0.1) is 0 Å². The van der Waals surface area contributed by atoms with E-state index in [0.717, 1.165) is 33.4 Å². The van der Waals surface area contributed by atoms with Crippen LogP contribution in [0.3, 0.4) is 0 Å². The van der Waals surface area contributed by atoms with Crippen LogP contribution in [-0.2, 0) is 0 Å². The van der Waals surface area contributed by atoms with Gasteiger partial charge in [-0.25, -0.2) is 15.0 Å². The maximum atomic E-state index is 5.21. The van der Waals surface area contributed by atoms with Crippen molar-refractivity contribution in [1.82, 2.24) is 15.0 Å². The van der Waals surface area contributed by atoms with E-state index in [0.29, 0.717) is 17.5 Å². The molecule has 9 aromatic rings. The molecule has 9 rings (SSSR count). The lowest BCUT2D eigenvalue weighted by Gasteiger charge is -2.13. The second kappa shape index (κ2) is 12.4. The molecule has 0 fully saturated rings. The van der Waals surface area contributed by atoms with Gasteiger partial charge in [-0.2, -0.15) is 0 Å². The molecule has 0 atom stereocenters. The van der Waals surface area contributed by atoms with Gasteiger partial charge in [0.1, 0.15) is 0 Å². The van der Waals surface area contributed by atoms with Crippen LogP contribution in [0.25, 0.3) is 87.7 Å². The Morgan fingerprint density at radius 3 is 1.57 bits per heavy atom. The van der Waals surface area contributed by atoms with Crippen molar-refractivity contribution in [2.75, 3.05) is 0 Å². The molecular formula is C45H29N3S. The summed E-state index contributed by atoms with van der Waals surface area (Å²) in [5.74, 6) is 1.97. The average Bonchev–Trinajstić information content (AvgIpc) is 3.58. The van der Waals surface area contributed by atoms with E-state index in [1.165, 1.54) is 36.9 Å². The van der Waals surface area contributed by atoms with Gasteiger partial charge in [-0.15, -0.1) is 11.3 Å². The van der Waals surface area contributed by atoms with E-state index in [9.17, 15) is 0 Å². The Morgan fingerprint density at radius 1 is 0.306 bits per heavy atom. The summed E-state index contributed by atoms with van der Waals surface area (Å²) in [4.78, 5) is 15.4. The molecule has 0 aliphatic heterocycles. The lowest BCUT2D eigenvalue weighted by molar-refractivity contribution is 1.08. The predicted octanol–water partition coefficient (Wildman–Crippen LogP) is 12.2. The Hall–Kier alpha value is -6.23. The summed E-state index contributed by atoms with van der Waals surface area (Å²) in [5, 5.41) is 2.47. The van der Waals surface area contributed by atoms with Gasteiger partial charge < -0.3 is 0 Å². The van der Waals surface area contributed by atoms with Crippen LogP contribution in [0, 0.1) is 0 Å². The maximum absolute atomic E-state index is 5.21. The van der Waals surface area contributed by atoms with Crippen LogP contribution in [0.1, 0.15) is 0 Å². The summed E-state index contributed by atoms with van der Waals surface area (Å²) in [6, 6.07) is 61.6. The Kier molecular flexibility index (Phi) is 7.34. The zero-order valence-electron chi connectivity index (χ0n) is 26.5. The van der Waals surface area contributed by atoms with Crippen molar-refractivity contribution in [3.63, 3.8) is 0 Å². The number of hydrogen-bond acceptors (Lipinski definition) is 4. The summed E-state index contributed by atoms with van der Waals surface area (Å²) >= 11 is 1.79. The standard InChI is InChI=1S/C45H29N3S/c1-3-13-30(14-4-1)31-25-27-32(28-26-31)34-17-11-18-35(29-34)36-19-7-8-21-39(36)44-46-43(33-15-5-2-6-16-33)47-45(48-44)40-23-12-22-38-37-20-9-10-24-41(37)49-42(38)40/h1-29H. The minimum absolute atomic E-state index is 0.648. The second-order valence-corrected chi connectivity index (χ2v) is 13.1. The van der Waals surface area contributed by atoms with Crippen molar-refractivity contribution in [3.8, 4) is 67.5 Å². The first-order valence-electron chi connectivity index (χ1n) is 16.4. The van der Waals surface area contributed by atoms with E-state index in [1.807, 2.05) is 24.3 Å². The summed E-state index contributed by atoms with van der Waals surface area (Å²) in [6.07, 6.45) is 0. The molecule has 3 nitrogen and oxygen atoms in total. The van der Waals surface area contributed by atoms with Gasteiger partial charge in [0.25, 0.3) is 0 Å². The van der Waals surface area contributed by atoms with Crippen molar-refractivity contribution in [1.29, 1.82) is 0 Å². The minimum atomic E-state index is 0.648. The van der Waals surface area contributed by atoms with Gasteiger partial charge in [0, 0.05) is 36.9 Å². The van der Waals surface area contributed by atoms with Crippen LogP contribution in [0.2, 0.25) is 0 Å². The summed E-state index contributed by atoms with van der Waals surface area (Å²) in [6.45, 7) is 0. The summed E-state index contributed by atoms with van der Waals surface area (Å²) < 4.78 is 2.43. The minimum Gasteiger partial charge on any atom is -0.208 e. The number of rotatable bonds is 6. The average molecular weight is 644 g/mol. The molecule has 0 spiro atoms. The fraction of sp³-hybridized carbons (Fsp3) is 0. The Bertz CT molecular complexity index is 2590. The molecule has 0 aliphatic carbocycles. The number of benzene rings is 7. The zero-order chi connectivity index (χ0) is 32.6. The van der Waals surface area contributed by atoms with Crippen LogP contribution in [0.15, 0.2) is 176 Å². The first kappa shape index (κ1) is 29.0. The van der Waals surface area contributed by atoms with Crippen LogP contribution < -0.4 is 0 Å². The van der Waals surface area contributed by atoms with Gasteiger partial charge >= 0.3 is 0 Å². The zero-order valence-corrected chi connectivity index (χ0v) is 27.3. The number of aromatic nitrogens is 3. The van der Waals surface area contributed by atoms with Crippen molar-refractivity contribution >= 4 is 31.5 Å². The van der Waals surface area contributed by atoms with Gasteiger partial charge in [0.2, 0.25) is 0 Å². The summed E-state index contributed by atoms with van der Waals surface area (Å²) in [7, 11) is 0. The molecule has 0 aliphatic rings. The van der Waals surface area contributed by atoms with Crippen molar-refractivity contribution < 1.29 is 0 Å². The Labute approximate surface area is 288 Å². The highest BCUT2D eigenvalue weighted by Gasteiger charge is 2.18. The fourth-order valence-corrected chi connectivity index (χ4v) is 7.75. The highest BCUT2D eigenvalue weighted by atomic mass is 32.1. The lowest BCUT2D eigenvalue weighted by Crippen LogP contribution is -2.01. The quantitative estimate of drug-likeness (QED) is 0.181. The third-order valence-corrected chi connectivity index (χ3v) is 10.2. The van der Waals surface area contributed by atoms with Crippen molar-refractivity contribution in [2.45, 2.75) is 0 Å². The number of nitrogens with zero attached hydrogens (tertiary/aromatic N) is 3. The largest absolute Gasteiger partial charge is 0.208 e. The van der Waals surface area contributed by atoms with Gasteiger partial charge in [-0.3, -0.25) is 0 Å². The third kappa shape index (κ3) is 5.48. The fourth-order valence-electron chi connectivity index (χ4n) is 6.54. The lowest BCUT2D eigenvalue weighted by atomic mass is 9.94. The first-order chi connectivity index (χ1) is 24.3. The molecule has 0 bridgehead atoms. The smallest absolute Gasteiger partial charge is 0.165 e. The van der Waals surface area contributed by atoms with E-state index < -0.39 is 0 Å². The molecule has 0 N–H and O–H groups in total. The summed E-state index contributed by atoms with van der Waals surface area (Å²) in [5.41, 5.74) is 9.85. The molecule has 230 valence electrons. The maximum Gasteiger partial charge on any atom is 0.165 e. The van der Waals surface area contributed by atoms with E-state index in [2.05, 4.69) is 152 Å². The SMILES string of the molecule is c1ccc(-c2ccc(-c3cccc(-c4ccccc4-c4nc(-c5ccccc5)nc(-c5cccc6c5sc5ccccc56)n4)c3)cc2)cc1. The highest BCUT2D eigenvalue weighted by molar-refractivity contribution is 7.26. The van der Waals surface area contributed by atoms with E-state index in [1.54, 1.807) is 11.3 Å². The number of fused-ring (bicyclic) bond motifs is 3. The molecule has 7 aromatic carbocycles. The van der Waals surface area contributed by atoms with Gasteiger partial charge in [-0.05, 0) is 51.6 Å².